The number of hydrogen-bond acceptors (Lipinski definition) is 6. The van der Waals surface area contributed by atoms with E-state index in [0.717, 1.165) is 11.3 Å². The number of pyridine rings is 1. The number of fused-ring (bicyclic) bond motifs is 4. The van der Waals surface area contributed by atoms with Gasteiger partial charge in [0.1, 0.15) is 23.8 Å². The molecule has 0 saturated carbocycles. The minimum atomic E-state index is -1.95. The summed E-state index contributed by atoms with van der Waals surface area (Å²) >= 11 is 2.33. The van der Waals surface area contributed by atoms with Gasteiger partial charge in [0.2, 0.25) is 0 Å². The first kappa shape index (κ1) is 21.9. The smallest absolute Gasteiger partial charge is 0.198 e. The lowest BCUT2D eigenvalue weighted by Gasteiger charge is -2.16. The number of rotatable bonds is 1. The molecule has 0 aliphatic rings. The molecule has 0 amide bonds. The summed E-state index contributed by atoms with van der Waals surface area (Å²) in [5.74, 6) is -7.01. The third-order valence-corrected chi connectivity index (χ3v) is 8.02. The van der Waals surface area contributed by atoms with Gasteiger partial charge in [-0.05, 0) is 29.0 Å². The van der Waals surface area contributed by atoms with Gasteiger partial charge in [-0.25, -0.2) is 17.6 Å². The number of benzene rings is 3. The molecule has 0 saturated heterocycles. The summed E-state index contributed by atoms with van der Waals surface area (Å²) in [5, 5.41) is 32.4. The van der Waals surface area contributed by atoms with Crippen molar-refractivity contribution in [3.05, 3.63) is 69.2 Å². The van der Waals surface area contributed by atoms with Crippen molar-refractivity contribution >= 4 is 70.0 Å². The molecule has 3 aromatic heterocycles. The summed E-state index contributed by atoms with van der Waals surface area (Å²) in [6, 6.07) is 10.3. The molecule has 0 bridgehead atoms. The SMILES string of the molecule is N#CC(C#N)=c1c2ccsc2c2c(-c3ccc(C#N)cn3)c3c(F)c(F)c(F)c(F)c3c3csc1c32. The Bertz CT molecular complexity index is 2110. The van der Waals surface area contributed by atoms with E-state index in [2.05, 4.69) is 4.98 Å². The molecule has 0 aliphatic carbocycles. The van der Waals surface area contributed by atoms with E-state index >= 15 is 8.78 Å². The second-order valence-electron chi connectivity index (χ2n) is 7.79. The Labute approximate surface area is 206 Å². The average Bonchev–Trinajstić information content (AvgIpc) is 3.56. The van der Waals surface area contributed by atoms with Crippen molar-refractivity contribution in [1.82, 2.24) is 4.98 Å². The molecule has 36 heavy (non-hydrogen) atoms. The molecule has 0 fully saturated rings. The Morgan fingerprint density at radius 3 is 2.11 bits per heavy atom. The van der Waals surface area contributed by atoms with Crippen molar-refractivity contribution in [3.8, 4) is 29.5 Å². The fourth-order valence-corrected chi connectivity index (χ4v) is 6.73. The predicted octanol–water partition coefficient (Wildman–Crippen LogP) is 6.83. The largest absolute Gasteiger partial charge is 0.255 e. The van der Waals surface area contributed by atoms with Gasteiger partial charge in [0.15, 0.2) is 23.3 Å². The highest BCUT2D eigenvalue weighted by Gasteiger charge is 2.30. The topological polar surface area (TPSA) is 84.3 Å². The minimum Gasteiger partial charge on any atom is -0.255 e. The molecule has 0 unspecified atom stereocenters. The zero-order valence-corrected chi connectivity index (χ0v) is 19.2. The zero-order valence-electron chi connectivity index (χ0n) is 17.6. The monoisotopic (exact) mass is 514 g/mol. The summed E-state index contributed by atoms with van der Waals surface area (Å²) in [5.41, 5.74) is 0.187. The summed E-state index contributed by atoms with van der Waals surface area (Å²) in [4.78, 5) is 4.25. The Kier molecular flexibility index (Phi) is 4.71. The van der Waals surface area contributed by atoms with Crippen LogP contribution in [0.25, 0.3) is 58.5 Å². The van der Waals surface area contributed by atoms with Gasteiger partial charge in [-0.2, -0.15) is 15.8 Å². The third kappa shape index (κ3) is 2.67. The van der Waals surface area contributed by atoms with Crippen LogP contribution in [0.1, 0.15) is 5.56 Å². The first-order valence-electron chi connectivity index (χ1n) is 10.1. The summed E-state index contributed by atoms with van der Waals surface area (Å²) < 4.78 is 60.8. The highest BCUT2D eigenvalue weighted by Crippen LogP contribution is 2.49. The van der Waals surface area contributed by atoms with Gasteiger partial charge in [0.05, 0.1) is 11.3 Å². The number of hydrogen-bond donors (Lipinski definition) is 0. The standard InChI is InChI=1S/C26H6F4N4S2/c27-21-16-13-9-36-26-15(11(6-32)7-33)12-3-4-35-25(12)20(17(13)26)18(14-2-1-10(5-31)8-34-14)19(16)22(28)24(30)23(21)29/h1-4,8-9H. The second kappa shape index (κ2) is 7.73. The maximum atomic E-state index is 15.5. The van der Waals surface area contributed by atoms with Crippen molar-refractivity contribution in [2.24, 2.45) is 0 Å². The van der Waals surface area contributed by atoms with E-state index in [9.17, 15) is 19.3 Å². The van der Waals surface area contributed by atoms with Crippen LogP contribution in [0.2, 0.25) is 0 Å². The van der Waals surface area contributed by atoms with Gasteiger partial charge < -0.3 is 0 Å². The lowest BCUT2D eigenvalue weighted by Crippen LogP contribution is -2.07. The van der Waals surface area contributed by atoms with Crippen molar-refractivity contribution in [2.45, 2.75) is 0 Å². The molecule has 6 aromatic rings. The van der Waals surface area contributed by atoms with Crippen LogP contribution in [-0.4, -0.2) is 4.98 Å². The van der Waals surface area contributed by atoms with E-state index in [0.29, 0.717) is 30.8 Å². The molecular formula is C26H6F4N4S2. The molecule has 170 valence electrons. The fourth-order valence-electron chi connectivity index (χ4n) is 4.64. The molecule has 0 atom stereocenters. The number of halogens is 4. The molecule has 6 rings (SSSR count). The second-order valence-corrected chi connectivity index (χ2v) is 9.59. The number of nitrogens with zero attached hydrogens (tertiary/aromatic N) is 4. The zero-order chi connectivity index (χ0) is 25.3. The maximum absolute atomic E-state index is 15.5. The summed E-state index contributed by atoms with van der Waals surface area (Å²) in [6.07, 6.45) is 1.24. The highest BCUT2D eigenvalue weighted by molar-refractivity contribution is 7.20. The van der Waals surface area contributed by atoms with Crippen LogP contribution in [0, 0.1) is 57.3 Å². The maximum Gasteiger partial charge on any atom is 0.198 e. The van der Waals surface area contributed by atoms with E-state index < -0.39 is 34.0 Å². The summed E-state index contributed by atoms with van der Waals surface area (Å²) in [6.45, 7) is 0. The molecule has 4 nitrogen and oxygen atoms in total. The van der Waals surface area contributed by atoms with Gasteiger partial charge in [-0.3, -0.25) is 4.98 Å². The number of thiophene rings is 2. The quantitative estimate of drug-likeness (QED) is 0.104. The van der Waals surface area contributed by atoms with E-state index in [-0.39, 0.29) is 27.8 Å². The Balaban J connectivity index is 2.05. The van der Waals surface area contributed by atoms with E-state index in [1.807, 2.05) is 18.2 Å². The molecule has 0 spiro atoms. The van der Waals surface area contributed by atoms with Crippen LogP contribution in [0.4, 0.5) is 17.6 Å². The van der Waals surface area contributed by atoms with Gasteiger partial charge in [0.25, 0.3) is 0 Å². The summed E-state index contributed by atoms with van der Waals surface area (Å²) in [7, 11) is 0. The molecule has 0 N–H and O–H groups in total. The lowest BCUT2D eigenvalue weighted by atomic mass is 9.89. The number of aromatic nitrogens is 1. The minimum absolute atomic E-state index is 0.0233. The van der Waals surface area contributed by atoms with Crippen LogP contribution < -0.4 is 5.22 Å². The van der Waals surface area contributed by atoms with Crippen LogP contribution >= 0.6 is 22.7 Å². The van der Waals surface area contributed by atoms with Gasteiger partial charge in [-0.15, -0.1) is 22.7 Å². The molecule has 3 heterocycles. The van der Waals surface area contributed by atoms with Gasteiger partial charge in [-0.1, -0.05) is 0 Å². The molecule has 0 radical (unpaired) electrons. The Morgan fingerprint density at radius 2 is 1.47 bits per heavy atom. The van der Waals surface area contributed by atoms with Crippen molar-refractivity contribution in [2.75, 3.05) is 0 Å². The molecule has 3 aromatic carbocycles. The van der Waals surface area contributed by atoms with Crippen molar-refractivity contribution in [3.63, 3.8) is 0 Å². The van der Waals surface area contributed by atoms with Crippen LogP contribution in [0.5, 0.6) is 0 Å². The number of nitriles is 3. The first-order chi connectivity index (χ1) is 17.4. The predicted molar refractivity (Wildman–Crippen MR) is 130 cm³/mol. The Hall–Kier alpha value is -4.56. The fraction of sp³-hybridized carbons (Fsp3) is 0. The van der Waals surface area contributed by atoms with Crippen LogP contribution in [0.3, 0.4) is 0 Å². The highest BCUT2D eigenvalue weighted by atomic mass is 32.1. The lowest BCUT2D eigenvalue weighted by molar-refractivity contribution is 0.418. The van der Waals surface area contributed by atoms with E-state index in [1.165, 1.54) is 35.0 Å². The van der Waals surface area contributed by atoms with Crippen molar-refractivity contribution < 1.29 is 17.6 Å². The van der Waals surface area contributed by atoms with E-state index in [1.54, 1.807) is 11.4 Å². The van der Waals surface area contributed by atoms with E-state index in [4.69, 9.17) is 5.26 Å². The molecule has 10 heteroatoms. The average molecular weight is 514 g/mol. The molecular weight excluding hydrogens is 508 g/mol. The Morgan fingerprint density at radius 1 is 0.750 bits per heavy atom. The van der Waals surface area contributed by atoms with Gasteiger partial charge >= 0.3 is 0 Å². The first-order valence-corrected chi connectivity index (χ1v) is 11.9. The van der Waals surface area contributed by atoms with Crippen LogP contribution in [-0.2, 0) is 0 Å². The van der Waals surface area contributed by atoms with Crippen LogP contribution in [0.15, 0.2) is 35.2 Å². The normalized spacial score (nSPS) is 11.2. The third-order valence-electron chi connectivity index (χ3n) is 6.09. The molecule has 0 aliphatic heterocycles. The van der Waals surface area contributed by atoms with Gasteiger partial charge in [0, 0.05) is 58.7 Å². The van der Waals surface area contributed by atoms with Crippen molar-refractivity contribution in [1.29, 1.82) is 15.8 Å².